The molecule has 0 aliphatic rings. The van der Waals surface area contributed by atoms with Crippen molar-refractivity contribution in [2.24, 2.45) is 0 Å². The molecule has 4 aromatic carbocycles. The van der Waals surface area contributed by atoms with Gasteiger partial charge in [0.1, 0.15) is 11.6 Å². The van der Waals surface area contributed by atoms with Crippen LogP contribution < -0.4 is 20.4 Å². The van der Waals surface area contributed by atoms with Crippen molar-refractivity contribution in [2.75, 3.05) is 48.6 Å². The Labute approximate surface area is 226 Å². The van der Waals surface area contributed by atoms with Gasteiger partial charge in [-0.05, 0) is 84.3 Å². The van der Waals surface area contributed by atoms with E-state index in [2.05, 4.69) is 10.6 Å². The second-order valence-corrected chi connectivity index (χ2v) is 9.64. The highest BCUT2D eigenvalue weighted by molar-refractivity contribution is 6.05. The SMILES string of the molecule is Cc1cc(C(=O)Nc2ccc(N(C)C)c(F)c2)ccc1-c1ccc(C(=O)Nc2ccc(N(C)C)c(F)c2)cc1. The summed E-state index contributed by atoms with van der Waals surface area (Å²) in [5, 5.41) is 5.46. The molecule has 0 radical (unpaired) electrons. The largest absolute Gasteiger partial charge is 0.375 e. The lowest BCUT2D eigenvalue weighted by Gasteiger charge is -2.15. The van der Waals surface area contributed by atoms with E-state index in [1.165, 1.54) is 12.1 Å². The average molecular weight is 529 g/mol. The number of carbonyl (C=O) groups is 2. The average Bonchev–Trinajstić information content (AvgIpc) is 2.88. The van der Waals surface area contributed by atoms with E-state index in [-0.39, 0.29) is 11.8 Å². The molecule has 2 amide bonds. The Hall–Kier alpha value is -4.72. The van der Waals surface area contributed by atoms with Gasteiger partial charge in [-0.25, -0.2) is 8.78 Å². The van der Waals surface area contributed by atoms with Crippen LogP contribution in [0.3, 0.4) is 0 Å². The number of benzene rings is 4. The van der Waals surface area contributed by atoms with Crippen molar-refractivity contribution in [3.63, 3.8) is 0 Å². The molecule has 0 bridgehead atoms. The maximum atomic E-state index is 14.3. The first-order valence-corrected chi connectivity index (χ1v) is 12.3. The summed E-state index contributed by atoms with van der Waals surface area (Å²) in [6.45, 7) is 1.89. The Kier molecular flexibility index (Phi) is 7.95. The van der Waals surface area contributed by atoms with Crippen LogP contribution in [-0.2, 0) is 0 Å². The maximum absolute atomic E-state index is 14.3. The molecule has 0 fully saturated rings. The number of nitrogens with one attached hydrogen (secondary N) is 2. The molecule has 4 rings (SSSR count). The lowest BCUT2D eigenvalue weighted by atomic mass is 9.97. The number of rotatable bonds is 7. The number of carbonyl (C=O) groups excluding carboxylic acids is 2. The summed E-state index contributed by atoms with van der Waals surface area (Å²) in [6.07, 6.45) is 0. The zero-order valence-electron chi connectivity index (χ0n) is 22.5. The van der Waals surface area contributed by atoms with E-state index in [1.54, 1.807) is 86.5 Å². The quantitative estimate of drug-likeness (QED) is 0.285. The maximum Gasteiger partial charge on any atom is 0.255 e. The van der Waals surface area contributed by atoms with Gasteiger partial charge in [0.2, 0.25) is 0 Å². The third-order valence-electron chi connectivity index (χ3n) is 6.32. The van der Waals surface area contributed by atoms with Crippen LogP contribution in [0.1, 0.15) is 26.3 Å². The van der Waals surface area contributed by atoms with Gasteiger partial charge in [-0.3, -0.25) is 9.59 Å². The van der Waals surface area contributed by atoms with Crippen molar-refractivity contribution < 1.29 is 18.4 Å². The Morgan fingerprint density at radius 2 is 1.08 bits per heavy atom. The Morgan fingerprint density at radius 1 is 0.615 bits per heavy atom. The van der Waals surface area contributed by atoms with Gasteiger partial charge in [-0.1, -0.05) is 18.2 Å². The smallest absolute Gasteiger partial charge is 0.255 e. The van der Waals surface area contributed by atoms with Crippen LogP contribution in [0, 0.1) is 18.6 Å². The van der Waals surface area contributed by atoms with E-state index >= 15 is 0 Å². The number of hydrogen-bond donors (Lipinski definition) is 2. The monoisotopic (exact) mass is 528 g/mol. The van der Waals surface area contributed by atoms with Crippen LogP contribution in [0.4, 0.5) is 31.5 Å². The van der Waals surface area contributed by atoms with Crippen LogP contribution in [0.25, 0.3) is 11.1 Å². The summed E-state index contributed by atoms with van der Waals surface area (Å²) in [7, 11) is 6.99. The van der Waals surface area contributed by atoms with Gasteiger partial charge in [0.15, 0.2) is 0 Å². The molecule has 0 unspecified atom stereocenters. The molecule has 0 saturated heterocycles. The fourth-order valence-corrected chi connectivity index (χ4v) is 4.23. The first-order valence-electron chi connectivity index (χ1n) is 12.3. The van der Waals surface area contributed by atoms with Gasteiger partial charge in [0.25, 0.3) is 11.8 Å². The van der Waals surface area contributed by atoms with E-state index in [0.717, 1.165) is 16.7 Å². The second-order valence-electron chi connectivity index (χ2n) is 9.64. The normalized spacial score (nSPS) is 10.6. The van der Waals surface area contributed by atoms with Crippen LogP contribution in [0.5, 0.6) is 0 Å². The molecule has 0 spiro atoms. The zero-order valence-corrected chi connectivity index (χ0v) is 22.5. The van der Waals surface area contributed by atoms with Gasteiger partial charge in [-0.2, -0.15) is 0 Å². The van der Waals surface area contributed by atoms with Crippen LogP contribution in [-0.4, -0.2) is 40.0 Å². The van der Waals surface area contributed by atoms with Crippen LogP contribution >= 0.6 is 0 Å². The van der Waals surface area contributed by atoms with Gasteiger partial charge < -0.3 is 20.4 Å². The minimum Gasteiger partial charge on any atom is -0.375 e. The first-order chi connectivity index (χ1) is 18.5. The van der Waals surface area contributed by atoms with Crippen molar-refractivity contribution >= 4 is 34.6 Å². The standard InChI is InChI=1S/C31H30F2N4O2/c1-19-16-22(31(39)35-24-12-15-29(37(4)5)27(33)18-24)10-13-25(19)20-6-8-21(9-7-20)30(38)34-23-11-14-28(36(2)3)26(32)17-23/h6-18H,1-5H3,(H,34,38)(H,35,39). The summed E-state index contributed by atoms with van der Waals surface area (Å²) < 4.78 is 28.5. The van der Waals surface area contributed by atoms with Crippen molar-refractivity contribution in [1.82, 2.24) is 0 Å². The number of hydrogen-bond acceptors (Lipinski definition) is 4. The van der Waals surface area contributed by atoms with Crippen molar-refractivity contribution in [3.8, 4) is 11.1 Å². The molecule has 39 heavy (non-hydrogen) atoms. The molecule has 0 aliphatic carbocycles. The number of anilines is 4. The lowest BCUT2D eigenvalue weighted by Crippen LogP contribution is -2.14. The predicted molar refractivity (Wildman–Crippen MR) is 154 cm³/mol. The number of amides is 2. The van der Waals surface area contributed by atoms with Gasteiger partial charge >= 0.3 is 0 Å². The van der Waals surface area contributed by atoms with Gasteiger partial charge in [0.05, 0.1) is 11.4 Å². The number of aryl methyl sites for hydroxylation is 1. The van der Waals surface area contributed by atoms with Crippen LogP contribution in [0.2, 0.25) is 0 Å². The Morgan fingerprint density at radius 3 is 1.51 bits per heavy atom. The van der Waals surface area contributed by atoms with Crippen molar-refractivity contribution in [2.45, 2.75) is 6.92 Å². The fraction of sp³-hybridized carbons (Fsp3) is 0.161. The van der Waals surface area contributed by atoms with Gasteiger partial charge in [0, 0.05) is 50.7 Å². The lowest BCUT2D eigenvalue weighted by molar-refractivity contribution is 0.101. The molecule has 8 heteroatoms. The van der Waals surface area contributed by atoms with Gasteiger partial charge in [-0.15, -0.1) is 0 Å². The summed E-state index contributed by atoms with van der Waals surface area (Å²) in [6, 6.07) is 21.5. The van der Waals surface area contributed by atoms with E-state index < -0.39 is 11.6 Å². The molecule has 0 heterocycles. The summed E-state index contributed by atoms with van der Waals surface area (Å²) >= 11 is 0. The topological polar surface area (TPSA) is 64.7 Å². The molecule has 0 aliphatic heterocycles. The molecular weight excluding hydrogens is 498 g/mol. The highest BCUT2D eigenvalue weighted by Gasteiger charge is 2.13. The highest BCUT2D eigenvalue weighted by Crippen LogP contribution is 2.27. The third-order valence-corrected chi connectivity index (χ3v) is 6.32. The highest BCUT2D eigenvalue weighted by atomic mass is 19.1. The van der Waals surface area contributed by atoms with E-state index in [9.17, 15) is 18.4 Å². The predicted octanol–water partition coefficient (Wildman–Crippen LogP) is 6.58. The number of nitrogens with zero attached hydrogens (tertiary/aromatic N) is 2. The molecule has 6 nitrogen and oxygen atoms in total. The summed E-state index contributed by atoms with van der Waals surface area (Å²) in [4.78, 5) is 28.8. The molecule has 2 N–H and O–H groups in total. The molecule has 200 valence electrons. The van der Waals surface area contributed by atoms with E-state index in [1.807, 2.05) is 25.1 Å². The number of halogens is 2. The molecular formula is C31H30F2N4O2. The zero-order chi connectivity index (χ0) is 28.3. The minimum absolute atomic E-state index is 0.344. The Balaban J connectivity index is 1.44. The molecule has 0 saturated carbocycles. The summed E-state index contributed by atoms with van der Waals surface area (Å²) in [5.41, 5.74) is 5.12. The molecule has 0 aromatic heterocycles. The Bertz CT molecular complexity index is 1530. The van der Waals surface area contributed by atoms with E-state index in [0.29, 0.717) is 33.9 Å². The first kappa shape index (κ1) is 27.3. The third kappa shape index (κ3) is 6.23. The minimum atomic E-state index is -0.421. The van der Waals surface area contributed by atoms with Crippen molar-refractivity contribution in [1.29, 1.82) is 0 Å². The second kappa shape index (κ2) is 11.3. The summed E-state index contributed by atoms with van der Waals surface area (Å²) in [5.74, 6) is -1.54. The molecule has 0 atom stereocenters. The fourth-order valence-electron chi connectivity index (χ4n) is 4.23. The van der Waals surface area contributed by atoms with Crippen LogP contribution in [0.15, 0.2) is 78.9 Å². The molecule has 4 aromatic rings. The van der Waals surface area contributed by atoms with Crippen molar-refractivity contribution in [3.05, 3.63) is 107 Å². The van der Waals surface area contributed by atoms with E-state index in [4.69, 9.17) is 0 Å².